The van der Waals surface area contributed by atoms with Crippen molar-refractivity contribution in [3.05, 3.63) is 29.2 Å². The zero-order valence-electron chi connectivity index (χ0n) is 24.5. The van der Waals surface area contributed by atoms with Crippen LogP contribution in [0.3, 0.4) is 0 Å². The molecule has 3 fully saturated rings. The third-order valence-electron chi connectivity index (χ3n) is 13.0. The Kier molecular flexibility index (Phi) is 5.23. The van der Waals surface area contributed by atoms with Crippen LogP contribution in [0.1, 0.15) is 99.3 Å². The molecule has 7 heteroatoms. The summed E-state index contributed by atoms with van der Waals surface area (Å²) in [6, 6.07) is 2.28. The van der Waals surface area contributed by atoms with Crippen LogP contribution in [0.15, 0.2) is 27.7 Å². The number of nitrogens with zero attached hydrogens (tertiary/aromatic N) is 3. The smallest absolute Gasteiger partial charge is 0.312 e. The van der Waals surface area contributed by atoms with Gasteiger partial charge in [0.15, 0.2) is 11.6 Å². The van der Waals surface area contributed by atoms with Crippen molar-refractivity contribution in [1.29, 1.82) is 5.26 Å². The first-order chi connectivity index (χ1) is 18.1. The van der Waals surface area contributed by atoms with E-state index in [0.717, 1.165) is 50.5 Å². The number of hydrogen-bond donors (Lipinski definition) is 1. The number of carbonyl (C=O) groups excluding carboxylic acids is 2. The summed E-state index contributed by atoms with van der Waals surface area (Å²) in [5.41, 5.74) is 5.32. The van der Waals surface area contributed by atoms with E-state index >= 15 is 0 Å². The number of aromatic nitrogens is 2. The lowest BCUT2D eigenvalue weighted by molar-refractivity contribution is -0.166. The second kappa shape index (κ2) is 7.71. The molecule has 5 aliphatic carbocycles. The van der Waals surface area contributed by atoms with Crippen LogP contribution in [0, 0.1) is 56.2 Å². The lowest BCUT2D eigenvalue weighted by Gasteiger charge is -2.69. The second-order valence-corrected chi connectivity index (χ2v) is 15.3. The molecule has 1 heterocycles. The molecular formula is C32H42N4O3. The van der Waals surface area contributed by atoms with Crippen molar-refractivity contribution in [3.63, 3.8) is 0 Å². The highest BCUT2D eigenvalue weighted by atomic mass is 16.4. The van der Waals surface area contributed by atoms with Gasteiger partial charge in [0.25, 0.3) is 0 Å². The molecule has 8 atom stereocenters. The molecule has 0 saturated heterocycles. The normalized spacial score (nSPS) is 46.6. The first-order valence-corrected chi connectivity index (χ1v) is 14.6. The Morgan fingerprint density at radius 2 is 1.69 bits per heavy atom. The maximum absolute atomic E-state index is 14.5. The number of nitrogen functional groups attached to an aromatic ring is 1. The number of carbonyl (C=O) groups is 2. The summed E-state index contributed by atoms with van der Waals surface area (Å²) >= 11 is 0. The van der Waals surface area contributed by atoms with Crippen LogP contribution < -0.4 is 5.73 Å². The zero-order chi connectivity index (χ0) is 28.4. The van der Waals surface area contributed by atoms with Gasteiger partial charge in [-0.15, -0.1) is 5.10 Å². The lowest BCUT2D eigenvalue weighted by Crippen LogP contribution is -2.64. The minimum Gasteiger partial charge on any atom is -0.408 e. The van der Waals surface area contributed by atoms with Crippen molar-refractivity contribution < 1.29 is 14.0 Å². The molecule has 208 valence electrons. The molecule has 6 rings (SSSR count). The van der Waals surface area contributed by atoms with E-state index in [9.17, 15) is 14.9 Å². The molecule has 0 aliphatic heterocycles. The number of hydrogen-bond acceptors (Lipinski definition) is 7. The number of nitrogens with two attached hydrogens (primary N) is 1. The summed E-state index contributed by atoms with van der Waals surface area (Å²) < 4.78 is 5.75. The third kappa shape index (κ3) is 3.15. The summed E-state index contributed by atoms with van der Waals surface area (Å²) in [4.78, 5) is 27.7. The van der Waals surface area contributed by atoms with Gasteiger partial charge >= 0.3 is 6.01 Å². The number of ketones is 2. The third-order valence-corrected chi connectivity index (χ3v) is 13.0. The van der Waals surface area contributed by atoms with Crippen LogP contribution in [0.2, 0.25) is 0 Å². The number of fused-ring (bicyclic) bond motifs is 7. The largest absolute Gasteiger partial charge is 0.408 e. The molecule has 3 saturated carbocycles. The van der Waals surface area contributed by atoms with Crippen molar-refractivity contribution in [3.8, 4) is 6.07 Å². The Labute approximate surface area is 231 Å². The SMILES string of the molecule is CC1(C)C(=O)C(C#N)=C[C@]2(C)C3=CC(=O)C4[C@@H]5C[C@@](C)(c6nnc(N)o6)CC[C@]5(C)CC[C@@]4(C)[C@]3(C)CCC12. The van der Waals surface area contributed by atoms with Gasteiger partial charge in [0, 0.05) is 22.2 Å². The standard InChI is InChI=1S/C32H42N4O3/c1-27(2)21-8-9-31(6)22(30(21,5)15-18(17-33)24(27)38)14-20(37)23-19-16-29(4,25-35-36-26(34)39-25)11-10-28(19,3)12-13-32(23,31)7/h14-15,19,21,23H,8-13,16H2,1-7H3,(H2,34,36)/t19-,21?,23?,28+,29-,30-,31+,32+/m0/s1. The summed E-state index contributed by atoms with van der Waals surface area (Å²) in [6.07, 6.45) is 10.5. The average Bonchev–Trinajstić information content (AvgIpc) is 3.31. The summed E-state index contributed by atoms with van der Waals surface area (Å²) in [6.45, 7) is 15.4. The van der Waals surface area contributed by atoms with E-state index in [2.05, 4.69) is 50.9 Å². The van der Waals surface area contributed by atoms with Gasteiger partial charge in [-0.25, -0.2) is 0 Å². The first kappa shape index (κ1) is 26.5. The quantitative estimate of drug-likeness (QED) is 0.464. The predicted octanol–water partition coefficient (Wildman–Crippen LogP) is 6.12. The lowest BCUT2D eigenvalue weighted by atomic mass is 9.34. The fourth-order valence-electron chi connectivity index (χ4n) is 10.4. The fraction of sp³-hybridized carbons (Fsp3) is 0.719. The number of rotatable bonds is 1. The van der Waals surface area contributed by atoms with E-state index < -0.39 is 10.8 Å². The minimum absolute atomic E-state index is 0.0525. The van der Waals surface area contributed by atoms with E-state index in [1.165, 1.54) is 0 Å². The van der Waals surface area contributed by atoms with E-state index in [-0.39, 0.29) is 62.6 Å². The first-order valence-electron chi connectivity index (χ1n) is 14.6. The average molecular weight is 531 g/mol. The van der Waals surface area contributed by atoms with Gasteiger partial charge in [-0.3, -0.25) is 9.59 Å². The number of anilines is 1. The molecule has 1 aromatic rings. The second-order valence-electron chi connectivity index (χ2n) is 15.3. The van der Waals surface area contributed by atoms with Crippen LogP contribution in [0.25, 0.3) is 0 Å². The number of Topliss-reactive ketones (excluding diaryl/α,β-unsaturated/α-hetero) is 1. The van der Waals surface area contributed by atoms with Gasteiger partial charge in [-0.1, -0.05) is 65.2 Å². The summed E-state index contributed by atoms with van der Waals surface area (Å²) in [5.74, 6) is 0.847. The molecular weight excluding hydrogens is 488 g/mol. The molecule has 7 nitrogen and oxygen atoms in total. The Bertz CT molecular complexity index is 1400. The van der Waals surface area contributed by atoms with Gasteiger partial charge in [-0.05, 0) is 79.1 Å². The highest BCUT2D eigenvalue weighted by Crippen LogP contribution is 2.74. The molecule has 0 spiro atoms. The molecule has 1 aromatic heterocycles. The van der Waals surface area contributed by atoms with Crippen LogP contribution >= 0.6 is 0 Å². The highest BCUT2D eigenvalue weighted by Gasteiger charge is 2.69. The maximum Gasteiger partial charge on any atom is 0.312 e. The van der Waals surface area contributed by atoms with Gasteiger partial charge < -0.3 is 10.2 Å². The Balaban J connectivity index is 1.48. The van der Waals surface area contributed by atoms with Crippen LogP contribution in [-0.2, 0) is 15.0 Å². The molecule has 2 unspecified atom stereocenters. The van der Waals surface area contributed by atoms with E-state index in [0.29, 0.717) is 5.89 Å². The van der Waals surface area contributed by atoms with Crippen molar-refractivity contribution in [1.82, 2.24) is 10.2 Å². The minimum atomic E-state index is -0.653. The van der Waals surface area contributed by atoms with Crippen molar-refractivity contribution in [2.45, 2.75) is 98.8 Å². The summed E-state index contributed by atoms with van der Waals surface area (Å²) in [5, 5.41) is 18.1. The van der Waals surface area contributed by atoms with Crippen LogP contribution in [0.5, 0.6) is 0 Å². The molecule has 39 heavy (non-hydrogen) atoms. The Morgan fingerprint density at radius 1 is 1.00 bits per heavy atom. The van der Waals surface area contributed by atoms with E-state index in [1.54, 1.807) is 0 Å². The van der Waals surface area contributed by atoms with Gasteiger partial charge in [0.05, 0.1) is 5.57 Å². The molecule has 0 bridgehead atoms. The van der Waals surface area contributed by atoms with Crippen molar-refractivity contribution in [2.24, 2.45) is 44.8 Å². The molecule has 5 aliphatic rings. The van der Waals surface area contributed by atoms with Crippen molar-refractivity contribution in [2.75, 3.05) is 5.73 Å². The number of nitriles is 1. The zero-order valence-corrected chi connectivity index (χ0v) is 24.5. The molecule has 2 N–H and O–H groups in total. The maximum atomic E-state index is 14.5. The monoisotopic (exact) mass is 530 g/mol. The Morgan fingerprint density at radius 3 is 2.33 bits per heavy atom. The number of allylic oxidation sites excluding steroid dienone is 4. The van der Waals surface area contributed by atoms with Gasteiger partial charge in [-0.2, -0.15) is 5.26 Å². The van der Waals surface area contributed by atoms with E-state index in [1.807, 2.05) is 26.0 Å². The molecule has 0 aromatic carbocycles. The van der Waals surface area contributed by atoms with Gasteiger partial charge in [0.1, 0.15) is 6.07 Å². The van der Waals surface area contributed by atoms with Crippen LogP contribution in [0.4, 0.5) is 6.01 Å². The summed E-state index contributed by atoms with van der Waals surface area (Å²) in [7, 11) is 0. The fourth-order valence-corrected chi connectivity index (χ4v) is 10.4. The van der Waals surface area contributed by atoms with Crippen LogP contribution in [-0.4, -0.2) is 21.8 Å². The highest BCUT2D eigenvalue weighted by molar-refractivity contribution is 6.04. The topological polar surface area (TPSA) is 123 Å². The van der Waals surface area contributed by atoms with Gasteiger partial charge in [0.2, 0.25) is 5.89 Å². The molecule has 0 radical (unpaired) electrons. The molecule has 0 amide bonds. The van der Waals surface area contributed by atoms with Crippen molar-refractivity contribution >= 4 is 17.6 Å². The van der Waals surface area contributed by atoms with E-state index in [4.69, 9.17) is 10.2 Å². The Hall–Kier alpha value is -2.75. The predicted molar refractivity (Wildman–Crippen MR) is 147 cm³/mol.